The van der Waals surface area contributed by atoms with Gasteiger partial charge in [0.2, 0.25) is 6.17 Å². The molecule has 0 saturated carbocycles. The number of carbonyl (C=O) groups excluding carboxylic acids is 1. The lowest BCUT2D eigenvalue weighted by Gasteiger charge is -2.35. The largest absolute Gasteiger partial charge is 0.370 e. The highest BCUT2D eigenvalue weighted by molar-refractivity contribution is 6.68. The standard InChI is InChI=1S/C17H23Cl3N2O2/c1-16(2,3)13-6-4-12(5-7-13)14(23)21-15(17(18,19)20)22-8-10-24-11-9-22/h4-7,15H,8-11H2,1-3H3,(H,21,23)/p+1/t15-/m0/s1. The van der Waals surface area contributed by atoms with Gasteiger partial charge in [0.05, 0.1) is 13.2 Å². The lowest BCUT2D eigenvalue weighted by molar-refractivity contribution is -0.934. The van der Waals surface area contributed by atoms with Crippen molar-refractivity contribution in [2.24, 2.45) is 0 Å². The van der Waals surface area contributed by atoms with Crippen LogP contribution in [-0.4, -0.2) is 42.2 Å². The zero-order valence-electron chi connectivity index (χ0n) is 14.2. The van der Waals surface area contributed by atoms with Crippen LogP contribution in [0.2, 0.25) is 0 Å². The smallest absolute Gasteiger partial charge is 0.262 e. The van der Waals surface area contributed by atoms with E-state index in [-0.39, 0.29) is 11.3 Å². The molecule has 2 N–H and O–H groups in total. The summed E-state index contributed by atoms with van der Waals surface area (Å²) in [6.07, 6.45) is -0.624. The molecule has 0 aliphatic carbocycles. The number of hydrogen-bond donors (Lipinski definition) is 2. The summed E-state index contributed by atoms with van der Waals surface area (Å²) in [5.74, 6) is -0.245. The first-order valence-electron chi connectivity index (χ1n) is 7.99. The van der Waals surface area contributed by atoms with Crippen molar-refractivity contribution in [2.45, 2.75) is 36.1 Å². The fourth-order valence-corrected chi connectivity index (χ4v) is 3.30. The van der Waals surface area contributed by atoms with E-state index in [9.17, 15) is 4.79 Å². The number of ether oxygens (including phenoxy) is 1. The molecule has 1 aromatic rings. The Bertz CT molecular complexity index is 559. The Morgan fingerprint density at radius 3 is 2.12 bits per heavy atom. The van der Waals surface area contributed by atoms with Gasteiger partial charge >= 0.3 is 0 Å². The Morgan fingerprint density at radius 1 is 1.12 bits per heavy atom. The number of halogens is 3. The van der Waals surface area contributed by atoms with E-state index in [1.807, 2.05) is 12.1 Å². The van der Waals surface area contributed by atoms with E-state index >= 15 is 0 Å². The van der Waals surface area contributed by atoms with Crippen molar-refractivity contribution in [3.05, 3.63) is 35.4 Å². The first kappa shape index (κ1) is 19.8. The van der Waals surface area contributed by atoms with Crippen molar-refractivity contribution in [3.63, 3.8) is 0 Å². The summed E-state index contributed by atoms with van der Waals surface area (Å²) in [6, 6.07) is 7.53. The van der Waals surface area contributed by atoms with Crippen molar-refractivity contribution in [1.82, 2.24) is 5.32 Å². The molecule has 0 unspecified atom stereocenters. The number of carbonyl (C=O) groups is 1. The number of nitrogens with one attached hydrogen (secondary N) is 2. The van der Waals surface area contributed by atoms with E-state index in [1.54, 1.807) is 12.1 Å². The van der Waals surface area contributed by atoms with E-state index in [0.717, 1.165) is 10.5 Å². The van der Waals surface area contributed by atoms with Gasteiger partial charge in [-0.25, -0.2) is 0 Å². The lowest BCUT2D eigenvalue weighted by Crippen LogP contribution is -3.21. The summed E-state index contributed by atoms with van der Waals surface area (Å²) in [5.41, 5.74) is 1.75. The molecule has 0 spiro atoms. The third-order valence-electron chi connectivity index (χ3n) is 4.16. The van der Waals surface area contributed by atoms with Crippen molar-refractivity contribution >= 4 is 40.7 Å². The number of quaternary nitrogens is 1. The average molecular weight is 395 g/mol. The zero-order valence-corrected chi connectivity index (χ0v) is 16.4. The van der Waals surface area contributed by atoms with Gasteiger partial charge in [-0.1, -0.05) is 67.7 Å². The fourth-order valence-electron chi connectivity index (χ4n) is 2.67. The Kier molecular flexibility index (Phi) is 6.43. The Morgan fingerprint density at radius 2 is 1.67 bits per heavy atom. The molecular weight excluding hydrogens is 371 g/mol. The maximum atomic E-state index is 12.6. The second-order valence-corrected chi connectivity index (χ2v) is 9.41. The molecule has 1 fully saturated rings. The Balaban J connectivity index is 2.12. The first-order chi connectivity index (χ1) is 11.1. The van der Waals surface area contributed by atoms with Crippen LogP contribution in [0.5, 0.6) is 0 Å². The van der Waals surface area contributed by atoms with Gasteiger partial charge in [-0.05, 0) is 23.1 Å². The zero-order chi connectivity index (χ0) is 18.0. The monoisotopic (exact) mass is 393 g/mol. The van der Waals surface area contributed by atoms with E-state index in [4.69, 9.17) is 39.5 Å². The molecule has 1 aliphatic rings. The third kappa shape index (κ3) is 5.24. The van der Waals surface area contributed by atoms with Crippen LogP contribution >= 0.6 is 34.8 Å². The van der Waals surface area contributed by atoms with Crippen LogP contribution in [0.4, 0.5) is 0 Å². The summed E-state index contributed by atoms with van der Waals surface area (Å²) in [6.45, 7) is 8.92. The topological polar surface area (TPSA) is 42.8 Å². The molecule has 0 bridgehead atoms. The van der Waals surface area contributed by atoms with Gasteiger partial charge in [-0.2, -0.15) is 0 Å². The van der Waals surface area contributed by atoms with Crippen LogP contribution in [0.1, 0.15) is 36.7 Å². The number of rotatable bonds is 3. The van der Waals surface area contributed by atoms with Gasteiger partial charge in [0.15, 0.2) is 0 Å². The second-order valence-electron chi connectivity index (χ2n) is 7.05. The molecule has 134 valence electrons. The summed E-state index contributed by atoms with van der Waals surface area (Å²) in [7, 11) is 0. The lowest BCUT2D eigenvalue weighted by atomic mass is 9.87. The minimum absolute atomic E-state index is 0.0348. The molecule has 1 aliphatic heterocycles. The van der Waals surface area contributed by atoms with Crippen LogP contribution in [0, 0.1) is 0 Å². The summed E-state index contributed by atoms with van der Waals surface area (Å²) < 4.78 is 3.74. The Hall–Kier alpha value is -0.520. The van der Waals surface area contributed by atoms with E-state index in [1.165, 1.54) is 0 Å². The highest BCUT2D eigenvalue weighted by atomic mass is 35.6. The molecular formula is C17H24Cl3N2O2+. The minimum Gasteiger partial charge on any atom is -0.370 e. The second kappa shape index (κ2) is 7.79. The molecule has 0 radical (unpaired) electrons. The quantitative estimate of drug-likeness (QED) is 0.773. The van der Waals surface area contributed by atoms with Gasteiger partial charge in [-0.3, -0.25) is 10.1 Å². The third-order valence-corrected chi connectivity index (χ3v) is 4.81. The number of alkyl halides is 3. The molecule has 1 atom stereocenters. The van der Waals surface area contributed by atoms with Gasteiger partial charge in [0.25, 0.3) is 9.70 Å². The predicted molar refractivity (Wildman–Crippen MR) is 98.2 cm³/mol. The van der Waals surface area contributed by atoms with Crippen LogP contribution in [-0.2, 0) is 10.2 Å². The maximum Gasteiger partial charge on any atom is 0.262 e. The maximum absolute atomic E-state index is 12.6. The van der Waals surface area contributed by atoms with Gasteiger partial charge < -0.3 is 9.64 Å². The molecule has 7 heteroatoms. The number of morpholine rings is 1. The summed E-state index contributed by atoms with van der Waals surface area (Å²) in [4.78, 5) is 13.6. The van der Waals surface area contributed by atoms with Gasteiger partial charge in [0, 0.05) is 5.56 Å². The van der Waals surface area contributed by atoms with Crippen LogP contribution < -0.4 is 10.2 Å². The minimum atomic E-state index is -1.59. The molecule has 4 nitrogen and oxygen atoms in total. The number of hydrogen-bond acceptors (Lipinski definition) is 2. The van der Waals surface area contributed by atoms with E-state index in [0.29, 0.717) is 31.9 Å². The molecule has 24 heavy (non-hydrogen) atoms. The summed E-state index contributed by atoms with van der Waals surface area (Å²) in [5, 5.41) is 2.87. The van der Waals surface area contributed by atoms with Gasteiger partial charge in [0.1, 0.15) is 13.1 Å². The first-order valence-corrected chi connectivity index (χ1v) is 9.13. The van der Waals surface area contributed by atoms with Crippen LogP contribution in [0.3, 0.4) is 0 Å². The predicted octanol–water partition coefficient (Wildman–Crippen LogP) is 2.33. The van der Waals surface area contributed by atoms with Crippen LogP contribution in [0.25, 0.3) is 0 Å². The number of amides is 1. The molecule has 1 amide bonds. The Labute approximate surface area is 158 Å². The SMILES string of the molecule is CC(C)(C)c1ccc(C(=O)N[C@@H]([NH+]2CCOCC2)C(Cl)(Cl)Cl)cc1. The summed E-state index contributed by atoms with van der Waals surface area (Å²) >= 11 is 18.3. The molecule has 1 saturated heterocycles. The van der Waals surface area contributed by atoms with E-state index < -0.39 is 9.96 Å². The van der Waals surface area contributed by atoms with Crippen molar-refractivity contribution in [2.75, 3.05) is 26.3 Å². The van der Waals surface area contributed by atoms with Crippen molar-refractivity contribution in [3.8, 4) is 0 Å². The normalized spacial score (nSPS) is 18.2. The average Bonchev–Trinajstić information content (AvgIpc) is 2.51. The van der Waals surface area contributed by atoms with Crippen molar-refractivity contribution in [1.29, 1.82) is 0 Å². The van der Waals surface area contributed by atoms with Crippen LogP contribution in [0.15, 0.2) is 24.3 Å². The molecule has 1 aromatic carbocycles. The fraction of sp³-hybridized carbons (Fsp3) is 0.588. The molecule has 1 heterocycles. The number of benzene rings is 1. The van der Waals surface area contributed by atoms with Crippen molar-refractivity contribution < 1.29 is 14.4 Å². The molecule has 2 rings (SSSR count). The van der Waals surface area contributed by atoms with Gasteiger partial charge in [-0.15, -0.1) is 0 Å². The highest BCUT2D eigenvalue weighted by Gasteiger charge is 2.42. The highest BCUT2D eigenvalue weighted by Crippen LogP contribution is 2.28. The van der Waals surface area contributed by atoms with E-state index in [2.05, 4.69) is 26.1 Å². The molecule has 0 aromatic heterocycles.